The minimum Gasteiger partial charge on any atom is -0.345 e. The average Bonchev–Trinajstić information content (AvgIpc) is 2.87. The highest BCUT2D eigenvalue weighted by molar-refractivity contribution is 6.30. The van der Waals surface area contributed by atoms with Gasteiger partial charge in [0.1, 0.15) is 6.54 Å². The SMILES string of the molecule is C=CCn1c(C)cc(C(=O)Cn2cc(Cl)cn2)c1C. The molecule has 19 heavy (non-hydrogen) atoms. The first-order valence-electron chi connectivity index (χ1n) is 6.01. The third-order valence-electron chi connectivity index (χ3n) is 3.09. The predicted octanol–water partition coefficient (Wildman–Crippen LogP) is 3.02. The molecule has 0 saturated heterocycles. The topological polar surface area (TPSA) is 39.8 Å². The summed E-state index contributed by atoms with van der Waals surface area (Å²) in [5.74, 6) is 0.0307. The molecular formula is C14H16ClN3O. The molecule has 100 valence electrons. The second-order valence-corrected chi connectivity index (χ2v) is 4.90. The van der Waals surface area contributed by atoms with Crippen LogP contribution in [0.1, 0.15) is 21.7 Å². The summed E-state index contributed by atoms with van der Waals surface area (Å²) in [5.41, 5.74) is 2.74. The molecule has 0 aliphatic carbocycles. The van der Waals surface area contributed by atoms with Gasteiger partial charge >= 0.3 is 0 Å². The summed E-state index contributed by atoms with van der Waals surface area (Å²) >= 11 is 5.78. The molecule has 0 aliphatic rings. The molecule has 2 aromatic rings. The van der Waals surface area contributed by atoms with E-state index < -0.39 is 0 Å². The Labute approximate surface area is 117 Å². The molecule has 5 heteroatoms. The predicted molar refractivity (Wildman–Crippen MR) is 75.7 cm³/mol. The van der Waals surface area contributed by atoms with Crippen molar-refractivity contribution in [2.45, 2.75) is 26.9 Å². The second kappa shape index (κ2) is 5.45. The van der Waals surface area contributed by atoms with E-state index in [1.54, 1.807) is 10.9 Å². The maximum atomic E-state index is 12.3. The number of aryl methyl sites for hydroxylation is 1. The van der Waals surface area contributed by atoms with Gasteiger partial charge in [-0.25, -0.2) is 0 Å². The number of ketones is 1. The maximum absolute atomic E-state index is 12.3. The van der Waals surface area contributed by atoms with Crippen molar-refractivity contribution in [3.63, 3.8) is 0 Å². The van der Waals surface area contributed by atoms with E-state index in [-0.39, 0.29) is 12.3 Å². The molecular weight excluding hydrogens is 262 g/mol. The molecule has 0 bridgehead atoms. The lowest BCUT2D eigenvalue weighted by molar-refractivity contribution is 0.0967. The van der Waals surface area contributed by atoms with E-state index in [0.29, 0.717) is 11.6 Å². The van der Waals surface area contributed by atoms with Gasteiger partial charge in [-0.3, -0.25) is 9.48 Å². The fourth-order valence-electron chi connectivity index (χ4n) is 2.15. The number of hydrogen-bond donors (Lipinski definition) is 0. The lowest BCUT2D eigenvalue weighted by Gasteiger charge is -2.06. The Morgan fingerprint density at radius 2 is 2.26 bits per heavy atom. The molecule has 0 aromatic carbocycles. The number of Topliss-reactive ketones (excluding diaryl/α,β-unsaturated/α-hetero) is 1. The molecule has 0 aliphatic heterocycles. The Bertz CT molecular complexity index is 625. The van der Waals surface area contributed by atoms with Crippen LogP contribution in [0.5, 0.6) is 0 Å². The highest BCUT2D eigenvalue weighted by atomic mass is 35.5. The van der Waals surface area contributed by atoms with Crippen molar-refractivity contribution in [2.75, 3.05) is 0 Å². The molecule has 0 radical (unpaired) electrons. The van der Waals surface area contributed by atoms with Crippen molar-refractivity contribution >= 4 is 17.4 Å². The van der Waals surface area contributed by atoms with Crippen LogP contribution in [0, 0.1) is 13.8 Å². The highest BCUT2D eigenvalue weighted by Gasteiger charge is 2.15. The van der Waals surface area contributed by atoms with E-state index in [2.05, 4.69) is 16.2 Å². The molecule has 4 nitrogen and oxygen atoms in total. The summed E-state index contributed by atoms with van der Waals surface area (Å²) in [4.78, 5) is 12.3. The molecule has 0 spiro atoms. The third-order valence-corrected chi connectivity index (χ3v) is 3.29. The summed E-state index contributed by atoms with van der Waals surface area (Å²) < 4.78 is 3.61. The van der Waals surface area contributed by atoms with Crippen molar-refractivity contribution in [1.82, 2.24) is 14.3 Å². The van der Waals surface area contributed by atoms with E-state index in [1.807, 2.05) is 26.0 Å². The first kappa shape index (κ1) is 13.6. The average molecular weight is 278 g/mol. The summed E-state index contributed by atoms with van der Waals surface area (Å²) in [5, 5.41) is 4.55. The molecule has 0 fully saturated rings. The lowest BCUT2D eigenvalue weighted by Crippen LogP contribution is -2.12. The van der Waals surface area contributed by atoms with E-state index in [0.717, 1.165) is 17.0 Å². The summed E-state index contributed by atoms with van der Waals surface area (Å²) in [6.07, 6.45) is 4.99. The molecule has 0 amide bonds. The minimum absolute atomic E-state index is 0.0307. The van der Waals surface area contributed by atoms with Gasteiger partial charge in [0, 0.05) is 29.7 Å². The van der Waals surface area contributed by atoms with Crippen LogP contribution in [-0.2, 0) is 13.1 Å². The first-order valence-corrected chi connectivity index (χ1v) is 6.39. The van der Waals surface area contributed by atoms with E-state index in [9.17, 15) is 4.79 Å². The molecule has 0 atom stereocenters. The van der Waals surface area contributed by atoms with Crippen molar-refractivity contribution < 1.29 is 4.79 Å². The molecule has 2 rings (SSSR count). The molecule has 2 aromatic heterocycles. The molecule has 0 saturated carbocycles. The zero-order chi connectivity index (χ0) is 14.0. The second-order valence-electron chi connectivity index (χ2n) is 4.46. The third kappa shape index (κ3) is 2.79. The number of halogens is 1. The number of aromatic nitrogens is 3. The van der Waals surface area contributed by atoms with Crippen LogP contribution < -0.4 is 0 Å². The van der Waals surface area contributed by atoms with Gasteiger partial charge in [0.15, 0.2) is 5.78 Å². The number of carbonyl (C=O) groups is 1. The molecule has 2 heterocycles. The van der Waals surface area contributed by atoms with Crippen LogP contribution in [0.2, 0.25) is 5.02 Å². The standard InChI is InChI=1S/C14H16ClN3O/c1-4-5-18-10(2)6-13(11(18)3)14(19)9-17-8-12(15)7-16-17/h4,6-8H,1,5,9H2,2-3H3. The van der Waals surface area contributed by atoms with Crippen molar-refractivity contribution in [3.05, 3.63) is 53.1 Å². The van der Waals surface area contributed by atoms with Gasteiger partial charge in [-0.15, -0.1) is 6.58 Å². The van der Waals surface area contributed by atoms with E-state index in [1.165, 1.54) is 6.20 Å². The van der Waals surface area contributed by atoms with Gasteiger partial charge in [-0.05, 0) is 19.9 Å². The van der Waals surface area contributed by atoms with Crippen LogP contribution in [0.15, 0.2) is 31.1 Å². The number of allylic oxidation sites excluding steroid dienone is 1. The van der Waals surface area contributed by atoms with Gasteiger partial charge in [0.05, 0.1) is 11.2 Å². The number of hydrogen-bond acceptors (Lipinski definition) is 2. The number of nitrogens with zero attached hydrogens (tertiary/aromatic N) is 3. The number of rotatable bonds is 5. The van der Waals surface area contributed by atoms with Crippen LogP contribution in [0.3, 0.4) is 0 Å². The van der Waals surface area contributed by atoms with E-state index >= 15 is 0 Å². The highest BCUT2D eigenvalue weighted by Crippen LogP contribution is 2.16. The Morgan fingerprint density at radius 3 is 2.84 bits per heavy atom. The van der Waals surface area contributed by atoms with Crippen LogP contribution >= 0.6 is 11.6 Å². The zero-order valence-electron chi connectivity index (χ0n) is 11.1. The van der Waals surface area contributed by atoms with Gasteiger partial charge in [-0.1, -0.05) is 17.7 Å². The Morgan fingerprint density at radius 1 is 1.53 bits per heavy atom. The quantitative estimate of drug-likeness (QED) is 0.622. The molecule has 0 N–H and O–H groups in total. The maximum Gasteiger partial charge on any atom is 0.186 e. The van der Waals surface area contributed by atoms with Crippen LogP contribution in [0.4, 0.5) is 0 Å². The largest absolute Gasteiger partial charge is 0.345 e. The Balaban J connectivity index is 2.24. The van der Waals surface area contributed by atoms with Crippen LogP contribution in [-0.4, -0.2) is 20.1 Å². The summed E-state index contributed by atoms with van der Waals surface area (Å²) in [6, 6.07) is 1.91. The minimum atomic E-state index is 0.0307. The normalized spacial score (nSPS) is 10.7. The first-order chi connectivity index (χ1) is 9.02. The van der Waals surface area contributed by atoms with E-state index in [4.69, 9.17) is 11.6 Å². The van der Waals surface area contributed by atoms with Crippen molar-refractivity contribution in [1.29, 1.82) is 0 Å². The van der Waals surface area contributed by atoms with Gasteiger partial charge < -0.3 is 4.57 Å². The molecule has 0 unspecified atom stereocenters. The smallest absolute Gasteiger partial charge is 0.186 e. The van der Waals surface area contributed by atoms with Crippen molar-refractivity contribution in [2.24, 2.45) is 0 Å². The monoisotopic (exact) mass is 277 g/mol. The summed E-state index contributed by atoms with van der Waals surface area (Å²) in [6.45, 7) is 8.56. The summed E-state index contributed by atoms with van der Waals surface area (Å²) in [7, 11) is 0. The van der Waals surface area contributed by atoms with Crippen molar-refractivity contribution in [3.8, 4) is 0 Å². The fraction of sp³-hybridized carbons (Fsp3) is 0.286. The Kier molecular flexibility index (Phi) is 3.90. The zero-order valence-corrected chi connectivity index (χ0v) is 11.8. The number of carbonyl (C=O) groups excluding carboxylic acids is 1. The van der Waals surface area contributed by atoms with Gasteiger partial charge in [0.2, 0.25) is 0 Å². The van der Waals surface area contributed by atoms with Gasteiger partial charge in [0.25, 0.3) is 0 Å². The van der Waals surface area contributed by atoms with Gasteiger partial charge in [-0.2, -0.15) is 5.10 Å². The fourth-order valence-corrected chi connectivity index (χ4v) is 2.31. The van der Waals surface area contributed by atoms with Crippen LogP contribution in [0.25, 0.3) is 0 Å². The Hall–Kier alpha value is -1.81. The lowest BCUT2D eigenvalue weighted by atomic mass is 10.1.